The zero-order chi connectivity index (χ0) is 17.7. The SMILES string of the molecule is CCCn1c2cc[c]([Sn]([CH3])([CH3])[CH3])cc2c2c[c]([Sn]([CH3])([CH3])[CH3])ccc21. The Bertz CT molecular complexity index is 821. The Hall–Kier alpha value is -0.163. The molecule has 0 bridgehead atoms. The van der Waals surface area contributed by atoms with Gasteiger partial charge in [-0.15, -0.1) is 0 Å². The topological polar surface area (TPSA) is 4.93 Å². The second-order valence-electron chi connectivity index (χ2n) is 9.12. The van der Waals surface area contributed by atoms with Crippen LogP contribution in [0.3, 0.4) is 0 Å². The monoisotopic (exact) mass is 537 g/mol. The summed E-state index contributed by atoms with van der Waals surface area (Å²) in [7, 11) is 0. The van der Waals surface area contributed by atoms with Gasteiger partial charge in [-0.05, 0) is 0 Å². The summed E-state index contributed by atoms with van der Waals surface area (Å²) in [5.74, 6) is 0. The summed E-state index contributed by atoms with van der Waals surface area (Å²) in [4.78, 5) is 15.1. The Labute approximate surface area is 155 Å². The van der Waals surface area contributed by atoms with E-state index in [4.69, 9.17) is 0 Å². The molecule has 3 aromatic rings. The van der Waals surface area contributed by atoms with Gasteiger partial charge in [0.25, 0.3) is 0 Å². The zero-order valence-corrected chi connectivity index (χ0v) is 22.0. The Morgan fingerprint density at radius 3 is 1.46 bits per heavy atom. The molecule has 0 aliphatic carbocycles. The standard InChI is InChI=1S/C15H13N.6CH3.2Sn/c1-2-11-16-14-9-5-3-7-12(14)13-8-4-6-10-15(13)16;;;;;;;;/h5-10H,2,11H2,1H3;6*1H3;;. The van der Waals surface area contributed by atoms with Crippen LogP contribution in [-0.2, 0) is 6.54 Å². The minimum absolute atomic E-state index is 1.11. The summed E-state index contributed by atoms with van der Waals surface area (Å²) in [5, 5.41) is 2.97. The van der Waals surface area contributed by atoms with E-state index in [0.717, 1.165) is 6.54 Å². The van der Waals surface area contributed by atoms with Crippen LogP contribution >= 0.6 is 0 Å². The third kappa shape index (κ3) is 3.40. The molecule has 0 spiro atoms. The van der Waals surface area contributed by atoms with Gasteiger partial charge in [0.05, 0.1) is 0 Å². The quantitative estimate of drug-likeness (QED) is 0.401. The zero-order valence-electron chi connectivity index (χ0n) is 16.3. The molecule has 0 aliphatic heterocycles. The van der Waals surface area contributed by atoms with Crippen molar-refractivity contribution in [2.75, 3.05) is 0 Å². The van der Waals surface area contributed by atoms with E-state index in [2.05, 4.69) is 77.5 Å². The first-order chi connectivity index (χ1) is 11.1. The fourth-order valence-corrected chi connectivity index (χ4v) is 10.1. The first-order valence-electron chi connectivity index (χ1n) is 9.20. The number of rotatable bonds is 4. The molecule has 0 unspecified atom stereocenters. The van der Waals surface area contributed by atoms with Crippen molar-refractivity contribution < 1.29 is 0 Å². The van der Waals surface area contributed by atoms with Crippen LogP contribution in [0.2, 0.25) is 29.6 Å². The Morgan fingerprint density at radius 1 is 0.708 bits per heavy atom. The van der Waals surface area contributed by atoms with E-state index in [1.54, 1.807) is 7.16 Å². The molecule has 0 fully saturated rings. The predicted octanol–water partition coefficient (Wildman–Crippen LogP) is 5.29. The summed E-state index contributed by atoms with van der Waals surface area (Å²) in [6, 6.07) is 14.7. The van der Waals surface area contributed by atoms with Gasteiger partial charge in [-0.3, -0.25) is 0 Å². The predicted molar refractivity (Wildman–Crippen MR) is 116 cm³/mol. The first kappa shape index (κ1) is 18.6. The molecule has 0 radical (unpaired) electrons. The van der Waals surface area contributed by atoms with E-state index in [0.29, 0.717) is 0 Å². The normalized spacial score (nSPS) is 13.1. The molecule has 24 heavy (non-hydrogen) atoms. The van der Waals surface area contributed by atoms with Gasteiger partial charge in [0.2, 0.25) is 0 Å². The van der Waals surface area contributed by atoms with Gasteiger partial charge in [0, 0.05) is 0 Å². The summed E-state index contributed by atoms with van der Waals surface area (Å²) in [6.45, 7) is 3.38. The van der Waals surface area contributed by atoms with Crippen molar-refractivity contribution >= 4 is 65.7 Å². The van der Waals surface area contributed by atoms with E-state index in [9.17, 15) is 0 Å². The van der Waals surface area contributed by atoms with Crippen molar-refractivity contribution in [3.8, 4) is 0 Å². The fraction of sp³-hybridized carbons (Fsp3) is 0.429. The average molecular weight is 535 g/mol. The molecule has 0 amide bonds. The van der Waals surface area contributed by atoms with Crippen LogP contribution in [0.25, 0.3) is 21.8 Å². The molecule has 2 aromatic carbocycles. The van der Waals surface area contributed by atoms with Gasteiger partial charge in [-0.25, -0.2) is 0 Å². The second-order valence-corrected chi connectivity index (χ2v) is 38.1. The number of benzene rings is 2. The number of hydrogen-bond acceptors (Lipinski definition) is 0. The maximum atomic E-state index is 2.54. The van der Waals surface area contributed by atoms with Gasteiger partial charge in [0.15, 0.2) is 0 Å². The maximum absolute atomic E-state index is 2.54. The van der Waals surface area contributed by atoms with Crippen molar-refractivity contribution in [3.05, 3.63) is 36.4 Å². The van der Waals surface area contributed by atoms with Crippen LogP contribution in [-0.4, -0.2) is 41.3 Å². The summed E-state index contributed by atoms with van der Waals surface area (Å²) >= 11 is -4.10. The van der Waals surface area contributed by atoms with Gasteiger partial charge < -0.3 is 0 Å². The van der Waals surface area contributed by atoms with E-state index < -0.39 is 36.8 Å². The Kier molecular flexibility index (Phi) is 5.07. The van der Waals surface area contributed by atoms with Crippen molar-refractivity contribution in [2.24, 2.45) is 0 Å². The number of hydrogen-bond donors (Lipinski definition) is 0. The summed E-state index contributed by atoms with van der Waals surface area (Å²) < 4.78 is 5.81. The fourth-order valence-electron chi connectivity index (χ4n) is 3.50. The van der Waals surface area contributed by atoms with E-state index in [1.807, 2.05) is 0 Å². The minimum atomic E-state index is -2.05. The number of aromatic nitrogens is 1. The molecule has 1 heterocycles. The number of nitrogens with zero attached hydrogens (tertiary/aromatic N) is 1. The molecule has 1 nitrogen and oxygen atoms in total. The van der Waals surface area contributed by atoms with Crippen LogP contribution in [0.5, 0.6) is 0 Å². The molecular weight excluding hydrogens is 504 g/mol. The molecule has 1 aromatic heterocycles. The molecule has 0 aliphatic rings. The second kappa shape index (κ2) is 6.53. The summed E-state index contributed by atoms with van der Waals surface area (Å²) in [6.07, 6.45) is 1.18. The summed E-state index contributed by atoms with van der Waals surface area (Å²) in [5.41, 5.74) is 2.85. The molecule has 128 valence electrons. The third-order valence-corrected chi connectivity index (χ3v) is 16.7. The Balaban J connectivity index is 2.38. The first-order valence-corrected chi connectivity index (χ1v) is 29.2. The van der Waals surface area contributed by atoms with Gasteiger partial charge >= 0.3 is 156 Å². The molecule has 0 N–H and O–H groups in total. The van der Waals surface area contributed by atoms with E-state index in [1.165, 1.54) is 28.2 Å². The van der Waals surface area contributed by atoms with Gasteiger partial charge in [0.1, 0.15) is 0 Å². The molecule has 3 heteroatoms. The van der Waals surface area contributed by atoms with Crippen molar-refractivity contribution in [3.63, 3.8) is 0 Å². The van der Waals surface area contributed by atoms with E-state index in [-0.39, 0.29) is 0 Å². The molecule has 3 rings (SSSR count). The van der Waals surface area contributed by atoms with E-state index >= 15 is 0 Å². The molecule has 0 saturated carbocycles. The Morgan fingerprint density at radius 2 is 1.12 bits per heavy atom. The van der Waals surface area contributed by atoms with Gasteiger partial charge in [-0.1, -0.05) is 0 Å². The molecular formula is C21H31NSn2. The van der Waals surface area contributed by atoms with Crippen LogP contribution in [0.1, 0.15) is 13.3 Å². The number of fused-ring (bicyclic) bond motifs is 3. The molecule has 0 saturated heterocycles. The number of aryl methyl sites for hydroxylation is 1. The van der Waals surface area contributed by atoms with Crippen molar-refractivity contribution in [1.82, 2.24) is 4.57 Å². The third-order valence-electron chi connectivity index (χ3n) is 5.04. The van der Waals surface area contributed by atoms with Crippen LogP contribution in [0.4, 0.5) is 0 Å². The van der Waals surface area contributed by atoms with Crippen LogP contribution in [0.15, 0.2) is 36.4 Å². The molecule has 0 atom stereocenters. The van der Waals surface area contributed by atoms with Crippen molar-refractivity contribution in [2.45, 2.75) is 49.5 Å². The van der Waals surface area contributed by atoms with Crippen LogP contribution in [0, 0.1) is 0 Å². The average Bonchev–Trinajstić information content (AvgIpc) is 2.79. The van der Waals surface area contributed by atoms with Gasteiger partial charge in [-0.2, -0.15) is 0 Å². The van der Waals surface area contributed by atoms with Crippen molar-refractivity contribution in [1.29, 1.82) is 0 Å². The van der Waals surface area contributed by atoms with Crippen LogP contribution < -0.4 is 7.16 Å².